The summed E-state index contributed by atoms with van der Waals surface area (Å²) in [5.74, 6) is -0.223. The summed E-state index contributed by atoms with van der Waals surface area (Å²) < 4.78 is 6.26. The zero-order valence-corrected chi connectivity index (χ0v) is 12.0. The van der Waals surface area contributed by atoms with Gasteiger partial charge in [-0.3, -0.25) is 0 Å². The molecule has 0 atom stereocenters. The van der Waals surface area contributed by atoms with Gasteiger partial charge in [-0.15, -0.1) is 0 Å². The maximum absolute atomic E-state index is 11.8. The number of likely N-dealkylation sites (tertiary alicyclic amines) is 1. The molecule has 1 N–H and O–H groups in total. The lowest BCUT2D eigenvalue weighted by Gasteiger charge is -2.23. The van der Waals surface area contributed by atoms with Crippen LogP contribution in [-0.2, 0) is 4.74 Å². The van der Waals surface area contributed by atoms with E-state index in [4.69, 9.17) is 4.74 Å². The highest BCUT2D eigenvalue weighted by atomic mass is 79.9. The van der Waals surface area contributed by atoms with E-state index in [2.05, 4.69) is 15.9 Å². The van der Waals surface area contributed by atoms with Gasteiger partial charge in [0.25, 0.3) is 0 Å². The highest BCUT2D eigenvalue weighted by Gasteiger charge is 2.14. The molecule has 2 rings (SSSR count). The van der Waals surface area contributed by atoms with Crippen LogP contribution in [0.25, 0.3) is 0 Å². The summed E-state index contributed by atoms with van der Waals surface area (Å²) in [5, 5.41) is 0. The molecule has 0 amide bonds. The molecule has 0 unspecified atom stereocenters. The second-order valence-corrected chi connectivity index (χ2v) is 5.62. The van der Waals surface area contributed by atoms with Crippen molar-refractivity contribution in [3.05, 3.63) is 34.3 Å². The summed E-state index contributed by atoms with van der Waals surface area (Å²) in [5.41, 5.74) is 0.617. The summed E-state index contributed by atoms with van der Waals surface area (Å²) in [6.45, 7) is 3.89. The summed E-state index contributed by atoms with van der Waals surface area (Å²) in [6.07, 6.45) is 3.95. The second kappa shape index (κ2) is 6.90. The first-order valence-corrected chi connectivity index (χ1v) is 7.31. The summed E-state index contributed by atoms with van der Waals surface area (Å²) in [4.78, 5) is 13.3. The minimum atomic E-state index is -0.223. The van der Waals surface area contributed by atoms with Crippen molar-refractivity contribution in [2.75, 3.05) is 26.2 Å². The SMILES string of the molecule is O=C(OCC[NH+]1CCCCC1)c1ccc(Br)cc1. The molecule has 0 spiro atoms. The number of benzene rings is 1. The molecular formula is C14H19BrNO2+. The molecule has 1 saturated heterocycles. The van der Waals surface area contributed by atoms with Crippen molar-refractivity contribution in [1.82, 2.24) is 0 Å². The molecule has 0 aromatic heterocycles. The largest absolute Gasteiger partial charge is 0.456 e. The van der Waals surface area contributed by atoms with Crippen molar-refractivity contribution in [3.63, 3.8) is 0 Å². The second-order valence-electron chi connectivity index (χ2n) is 4.70. The smallest absolute Gasteiger partial charge is 0.338 e. The molecule has 0 radical (unpaired) electrons. The van der Waals surface area contributed by atoms with Crippen molar-refractivity contribution >= 4 is 21.9 Å². The predicted molar refractivity (Wildman–Crippen MR) is 73.8 cm³/mol. The number of piperidine rings is 1. The first-order valence-electron chi connectivity index (χ1n) is 6.52. The molecule has 1 heterocycles. The Hall–Kier alpha value is -0.870. The average Bonchev–Trinajstić information content (AvgIpc) is 2.40. The first kappa shape index (κ1) is 13.6. The Balaban J connectivity index is 1.72. The zero-order valence-electron chi connectivity index (χ0n) is 10.5. The highest BCUT2D eigenvalue weighted by Crippen LogP contribution is 2.11. The molecule has 1 aromatic rings. The fraction of sp³-hybridized carbons (Fsp3) is 0.500. The van der Waals surface area contributed by atoms with Crippen LogP contribution < -0.4 is 4.90 Å². The van der Waals surface area contributed by atoms with E-state index in [1.807, 2.05) is 12.1 Å². The summed E-state index contributed by atoms with van der Waals surface area (Å²) in [7, 11) is 0. The molecule has 18 heavy (non-hydrogen) atoms. The van der Waals surface area contributed by atoms with Crippen molar-refractivity contribution in [3.8, 4) is 0 Å². The number of carbonyl (C=O) groups is 1. The van der Waals surface area contributed by atoms with Crippen LogP contribution in [0.2, 0.25) is 0 Å². The molecule has 1 aliphatic heterocycles. The number of halogens is 1. The molecule has 1 aromatic carbocycles. The number of quaternary nitrogens is 1. The quantitative estimate of drug-likeness (QED) is 0.858. The van der Waals surface area contributed by atoms with E-state index in [9.17, 15) is 4.79 Å². The molecule has 0 aliphatic carbocycles. The van der Waals surface area contributed by atoms with Crippen LogP contribution in [0.15, 0.2) is 28.7 Å². The molecule has 0 saturated carbocycles. The number of rotatable bonds is 4. The maximum atomic E-state index is 11.8. The van der Waals surface area contributed by atoms with Gasteiger partial charge in [-0.25, -0.2) is 4.79 Å². The summed E-state index contributed by atoms with van der Waals surface area (Å²) in [6, 6.07) is 7.26. The van der Waals surface area contributed by atoms with Crippen molar-refractivity contribution in [1.29, 1.82) is 0 Å². The Labute approximate surface area is 116 Å². The van der Waals surface area contributed by atoms with E-state index < -0.39 is 0 Å². The Morgan fingerprint density at radius 1 is 1.17 bits per heavy atom. The fourth-order valence-electron chi connectivity index (χ4n) is 2.26. The maximum Gasteiger partial charge on any atom is 0.338 e. The van der Waals surface area contributed by atoms with Crippen LogP contribution in [0.5, 0.6) is 0 Å². The molecule has 0 bridgehead atoms. The predicted octanol–water partition coefficient (Wildman–Crippen LogP) is 1.67. The third-order valence-corrected chi connectivity index (χ3v) is 3.86. The van der Waals surface area contributed by atoms with Crippen molar-refractivity contribution in [2.45, 2.75) is 19.3 Å². The number of esters is 1. The third-order valence-electron chi connectivity index (χ3n) is 3.33. The van der Waals surface area contributed by atoms with Gasteiger partial charge in [-0.05, 0) is 43.5 Å². The van der Waals surface area contributed by atoms with Crippen LogP contribution in [0.4, 0.5) is 0 Å². The van der Waals surface area contributed by atoms with Gasteiger partial charge in [0.2, 0.25) is 0 Å². The van der Waals surface area contributed by atoms with E-state index in [0.717, 1.165) is 11.0 Å². The zero-order chi connectivity index (χ0) is 12.8. The average molecular weight is 313 g/mol. The topological polar surface area (TPSA) is 30.7 Å². The summed E-state index contributed by atoms with van der Waals surface area (Å²) >= 11 is 3.34. The lowest BCUT2D eigenvalue weighted by molar-refractivity contribution is -0.905. The first-order chi connectivity index (χ1) is 8.75. The third kappa shape index (κ3) is 4.10. The van der Waals surface area contributed by atoms with Gasteiger partial charge in [-0.1, -0.05) is 15.9 Å². The van der Waals surface area contributed by atoms with Gasteiger partial charge < -0.3 is 9.64 Å². The van der Waals surface area contributed by atoms with Crippen LogP contribution in [-0.4, -0.2) is 32.2 Å². The fourth-order valence-corrected chi connectivity index (χ4v) is 2.52. The van der Waals surface area contributed by atoms with Gasteiger partial charge >= 0.3 is 5.97 Å². The number of hydrogen-bond acceptors (Lipinski definition) is 2. The Bertz CT molecular complexity index is 385. The monoisotopic (exact) mass is 312 g/mol. The molecule has 3 nitrogen and oxygen atoms in total. The van der Waals surface area contributed by atoms with Gasteiger partial charge in [0, 0.05) is 4.47 Å². The van der Waals surface area contributed by atoms with Crippen molar-refractivity contribution in [2.24, 2.45) is 0 Å². The van der Waals surface area contributed by atoms with Gasteiger partial charge in [0.15, 0.2) is 0 Å². The van der Waals surface area contributed by atoms with E-state index in [0.29, 0.717) is 12.2 Å². The Kier molecular flexibility index (Phi) is 5.20. The molecule has 1 aliphatic rings. The van der Waals surface area contributed by atoms with Crippen LogP contribution >= 0.6 is 15.9 Å². The highest BCUT2D eigenvalue weighted by molar-refractivity contribution is 9.10. The Morgan fingerprint density at radius 2 is 1.83 bits per heavy atom. The number of hydrogen-bond donors (Lipinski definition) is 1. The van der Waals surface area contributed by atoms with Crippen LogP contribution in [0.3, 0.4) is 0 Å². The Morgan fingerprint density at radius 3 is 2.50 bits per heavy atom. The van der Waals surface area contributed by atoms with Gasteiger partial charge in [-0.2, -0.15) is 0 Å². The van der Waals surface area contributed by atoms with E-state index in [1.165, 1.54) is 32.4 Å². The van der Waals surface area contributed by atoms with E-state index in [-0.39, 0.29) is 5.97 Å². The van der Waals surface area contributed by atoms with Gasteiger partial charge in [0.1, 0.15) is 13.2 Å². The van der Waals surface area contributed by atoms with Crippen molar-refractivity contribution < 1.29 is 14.4 Å². The lowest BCUT2D eigenvalue weighted by atomic mass is 10.1. The molecule has 1 fully saturated rings. The molecule has 4 heteroatoms. The number of ether oxygens (including phenoxy) is 1. The minimum absolute atomic E-state index is 0.223. The lowest BCUT2D eigenvalue weighted by Crippen LogP contribution is -3.13. The standard InChI is InChI=1S/C14H18BrNO2/c15-13-6-4-12(5-7-13)14(17)18-11-10-16-8-2-1-3-9-16/h4-7H,1-3,8-11H2/p+1. The van der Waals surface area contributed by atoms with Crippen LogP contribution in [0.1, 0.15) is 29.6 Å². The molecular weight excluding hydrogens is 294 g/mol. The number of carbonyl (C=O) groups excluding carboxylic acids is 1. The minimum Gasteiger partial charge on any atom is -0.456 e. The van der Waals surface area contributed by atoms with Crippen LogP contribution in [0, 0.1) is 0 Å². The number of nitrogens with one attached hydrogen (secondary N) is 1. The van der Waals surface area contributed by atoms with E-state index >= 15 is 0 Å². The van der Waals surface area contributed by atoms with Gasteiger partial charge in [0.05, 0.1) is 18.7 Å². The molecule has 98 valence electrons. The van der Waals surface area contributed by atoms with E-state index in [1.54, 1.807) is 17.0 Å². The normalized spacial score (nSPS) is 16.5.